The molecule has 3 aromatic rings. The number of piperidine rings is 5. The molecule has 0 saturated carbocycles. The van der Waals surface area contributed by atoms with Gasteiger partial charge in [-0.3, -0.25) is 23.4 Å². The Morgan fingerprint density at radius 2 is 0.706 bits per heavy atom. The second-order valence-electron chi connectivity index (χ2n) is 35.3. The quantitative estimate of drug-likeness (QED) is 0.124. The highest BCUT2D eigenvalue weighted by Gasteiger charge is 2.50. The van der Waals surface area contributed by atoms with Gasteiger partial charge in [0.2, 0.25) is 9.05 Å². The van der Waals surface area contributed by atoms with E-state index in [1.165, 1.54) is 16.7 Å². The molecule has 3 aromatic heterocycles. The smallest absolute Gasteiger partial charge is 0.410 e. The van der Waals surface area contributed by atoms with E-state index in [2.05, 4.69) is 66.7 Å². The molecule has 13 rings (SSSR count). The van der Waals surface area contributed by atoms with Gasteiger partial charge >= 0.3 is 30.5 Å². The van der Waals surface area contributed by atoms with Crippen molar-refractivity contribution in [2.45, 2.75) is 380 Å². The average molecular weight is 1600 g/mol. The third-order valence-electron chi connectivity index (χ3n) is 19.5. The van der Waals surface area contributed by atoms with Crippen molar-refractivity contribution in [2.24, 2.45) is 0 Å². The number of ketones is 1. The molecule has 10 bridgehead atoms. The molecule has 32 heteroatoms. The van der Waals surface area contributed by atoms with Crippen LogP contribution in [-0.2, 0) is 51.8 Å². The van der Waals surface area contributed by atoms with Gasteiger partial charge in [-0.05, 0) is 264 Å². The van der Waals surface area contributed by atoms with E-state index in [0.29, 0.717) is 74.8 Å². The van der Waals surface area contributed by atoms with Crippen LogP contribution < -0.4 is 0 Å². The Labute approximate surface area is 653 Å². The third-order valence-corrected chi connectivity index (χ3v) is 20.2. The maximum absolute atomic E-state index is 12.4. The molecule has 10 atom stereocenters. The summed E-state index contributed by atoms with van der Waals surface area (Å²) in [5, 5.41) is 32.5. The minimum Gasteiger partial charge on any atom is -0.444 e. The molecule has 29 nitrogen and oxygen atoms in total. The predicted octanol–water partition coefficient (Wildman–Crippen LogP) is 14.0. The molecule has 0 spiro atoms. The van der Waals surface area contributed by atoms with Gasteiger partial charge in [0.05, 0.1) is 55.4 Å². The van der Waals surface area contributed by atoms with E-state index in [0.717, 1.165) is 102 Å². The first-order chi connectivity index (χ1) is 49.8. The number of aromatic amines is 1. The highest BCUT2D eigenvalue weighted by atomic mass is 35.7. The summed E-state index contributed by atoms with van der Waals surface area (Å²) in [6, 6.07) is 2.60. The number of nitrogens with one attached hydrogen (secondary N) is 1. The molecule has 10 aliphatic heterocycles. The number of halogens is 1. The highest BCUT2D eigenvalue weighted by Crippen LogP contribution is 2.45. The van der Waals surface area contributed by atoms with Crippen LogP contribution in [0.2, 0.25) is 0 Å². The van der Waals surface area contributed by atoms with Gasteiger partial charge < -0.3 is 58.4 Å². The van der Waals surface area contributed by atoms with E-state index in [-0.39, 0.29) is 98.7 Å². The predicted molar refractivity (Wildman–Crippen MR) is 417 cm³/mol. The zero-order valence-electron chi connectivity index (χ0n) is 68.0. The molecule has 0 aliphatic carbocycles. The van der Waals surface area contributed by atoms with Crippen molar-refractivity contribution in [3.63, 3.8) is 0 Å². The average Bonchev–Trinajstić information content (AvgIpc) is 1.30. The molecule has 622 valence electrons. The number of aliphatic hydroxyl groups excluding tert-OH is 2. The lowest BCUT2D eigenvalue weighted by atomic mass is 9.98. The number of carbonyl (C=O) groups excluding carboxylic acids is 6. The molecule has 10 saturated heterocycles. The molecule has 10 fully saturated rings. The summed E-state index contributed by atoms with van der Waals surface area (Å²) in [6.07, 6.45) is 29.5. The van der Waals surface area contributed by atoms with Crippen LogP contribution in [0.5, 0.6) is 0 Å². The van der Waals surface area contributed by atoms with Gasteiger partial charge in [-0.25, -0.2) is 32.4 Å². The van der Waals surface area contributed by atoms with Crippen molar-refractivity contribution in [3.05, 3.63) is 53.9 Å². The Bertz CT molecular complexity index is 3480. The van der Waals surface area contributed by atoms with Crippen LogP contribution in [0.15, 0.2) is 37.2 Å². The van der Waals surface area contributed by atoms with Crippen molar-refractivity contribution >= 4 is 66.1 Å². The monoisotopic (exact) mass is 1600 g/mol. The summed E-state index contributed by atoms with van der Waals surface area (Å²) >= 11 is 0. The topological polar surface area (TPSA) is 347 Å². The first-order valence-electron chi connectivity index (χ1n) is 38.4. The lowest BCUT2D eigenvalue weighted by Crippen LogP contribution is -2.50. The SMILES string of the molecule is C.CC(C)(C)OC(=O)N1C2CCC1CC(=O)C2.CC(C)(C)OC(=O)N1C2CCC1CC(O)C2.CC(C)(C)OC(=O)N1C2CCC1CC(OS(C)(=O)=O)C2.CCO.CS(=O)(=O)Cl.Cc1cn[nH]c1.Cc1cnn(C2CC3CCC(C2)N3C(=O)OC(C)(C)C)c1.Cc1cnn(C2CC3CCC(C2)N3C(=O)OC(C)(C)C)c1. The van der Waals surface area contributed by atoms with Crippen LogP contribution >= 0.6 is 10.7 Å². The maximum atomic E-state index is 12.4. The van der Waals surface area contributed by atoms with Crippen molar-refractivity contribution in [2.75, 3.05) is 19.1 Å². The fraction of sp³-hybridized carbons (Fsp3) is 0.805. The minimum absolute atomic E-state index is 0. The Kier molecular flexibility index (Phi) is 33.4. The summed E-state index contributed by atoms with van der Waals surface area (Å²) in [5.74, 6) is 0.285. The number of nitrogens with zero attached hydrogens (tertiary/aromatic N) is 10. The van der Waals surface area contributed by atoms with Crippen molar-refractivity contribution in [1.82, 2.24) is 54.3 Å². The first kappa shape index (κ1) is 93.3. The second-order valence-corrected chi connectivity index (χ2v) is 40.0. The van der Waals surface area contributed by atoms with Crippen molar-refractivity contribution in [1.29, 1.82) is 0 Å². The van der Waals surface area contributed by atoms with Crippen LogP contribution in [0.1, 0.15) is 275 Å². The number of aryl methyl sites for hydroxylation is 3. The summed E-state index contributed by atoms with van der Waals surface area (Å²) in [4.78, 5) is 81.8. The normalized spacial score (nSPS) is 27.2. The summed E-state index contributed by atoms with van der Waals surface area (Å²) in [5.41, 5.74) is 1.30. The van der Waals surface area contributed by atoms with Gasteiger partial charge in [-0.1, -0.05) is 7.43 Å². The van der Waals surface area contributed by atoms with Crippen LogP contribution in [0, 0.1) is 20.8 Å². The van der Waals surface area contributed by atoms with Crippen LogP contribution in [0.25, 0.3) is 0 Å². The Morgan fingerprint density at radius 1 is 0.459 bits per heavy atom. The number of H-pyrrole nitrogens is 1. The van der Waals surface area contributed by atoms with Gasteiger partial charge in [0.25, 0.3) is 10.1 Å². The van der Waals surface area contributed by atoms with Gasteiger partial charge in [0.1, 0.15) is 33.8 Å². The number of carbonyl (C=O) groups is 6. The molecule has 3 N–H and O–H groups in total. The number of aliphatic hydroxyl groups is 2. The molecule has 10 unspecified atom stereocenters. The number of rotatable bonds is 4. The van der Waals surface area contributed by atoms with E-state index in [4.69, 9.17) is 33.0 Å². The van der Waals surface area contributed by atoms with E-state index >= 15 is 0 Å². The van der Waals surface area contributed by atoms with Crippen molar-refractivity contribution < 1.29 is 83.7 Å². The number of amides is 5. The standard InChI is InChI=1S/2C16H25N3O2.C13H23NO5S.C12H21NO3.C12H19NO3.C4H6N2.C2H6O.CH3ClO2S.CH4/c2*1-11-9-17-18(10-11)14-7-12-5-6-13(8-14)19(12)15(20)21-16(2,3)4;1-13(2,3)18-12(15)14-9-5-6-10(14)8-11(7-9)19-20(4,16)17;2*1-12(2,3)16-11(15)13-8-4-5-9(13)7-10(14)6-8;1-4-2-5-6-3-4;1-2-3;1-5(2,3)4;/h2*9-10,12-14H,5-8H2,1-4H3;9-11H,5-8H2,1-4H3;8-10,14H,4-7H2,1-3H3;8-9H,4-7H2,1-3H3;2-3H,1H3,(H,5,6);3H,2H2,1H3;1H3;1H4. The maximum Gasteiger partial charge on any atom is 0.410 e. The van der Waals surface area contributed by atoms with Crippen molar-refractivity contribution in [3.8, 4) is 0 Å². The lowest BCUT2D eigenvalue weighted by molar-refractivity contribution is -0.123. The van der Waals surface area contributed by atoms with E-state index < -0.39 is 47.2 Å². The number of Topliss-reactive ketones (excluding diaryl/α,β-unsaturated/α-hetero) is 1. The Balaban J connectivity index is 0.000000234. The molecular weight excluding hydrogens is 1470 g/mol. The molecule has 0 aromatic carbocycles. The third kappa shape index (κ3) is 30.6. The highest BCUT2D eigenvalue weighted by molar-refractivity contribution is 8.13. The molecular formula is C77H132ClN11O18S2. The Morgan fingerprint density at radius 3 is 0.917 bits per heavy atom. The molecule has 10 aliphatic rings. The zero-order valence-corrected chi connectivity index (χ0v) is 70.4. The van der Waals surface area contributed by atoms with E-state index in [1.54, 1.807) is 22.9 Å². The summed E-state index contributed by atoms with van der Waals surface area (Å²) in [6.45, 7) is 36.3. The lowest BCUT2D eigenvalue weighted by Gasteiger charge is -2.39. The second kappa shape index (κ2) is 39.0. The van der Waals surface area contributed by atoms with Crippen LogP contribution in [0.4, 0.5) is 24.0 Å². The number of hydrogen-bond donors (Lipinski definition) is 3. The van der Waals surface area contributed by atoms with Gasteiger partial charge in [0, 0.05) is 109 Å². The van der Waals surface area contributed by atoms with Gasteiger partial charge in [0.15, 0.2) is 0 Å². The van der Waals surface area contributed by atoms with Gasteiger partial charge in [-0.2, -0.15) is 23.7 Å². The summed E-state index contributed by atoms with van der Waals surface area (Å²) < 4.78 is 77.8. The number of aromatic nitrogens is 6. The fourth-order valence-corrected chi connectivity index (χ4v) is 16.6. The fourth-order valence-electron chi connectivity index (χ4n) is 15.9. The van der Waals surface area contributed by atoms with E-state index in [9.17, 15) is 50.7 Å². The summed E-state index contributed by atoms with van der Waals surface area (Å²) in [7, 11) is -2.14. The first-order valence-corrected chi connectivity index (χ1v) is 42.9. The van der Waals surface area contributed by atoms with Gasteiger partial charge in [-0.15, -0.1) is 0 Å². The minimum atomic E-state index is -3.44. The Hall–Kier alpha value is -6.28. The number of fused-ring (bicyclic) bond motifs is 10. The van der Waals surface area contributed by atoms with Crippen LogP contribution in [-0.4, -0.2) is 237 Å². The number of hydrogen-bond acceptors (Lipinski definition) is 21. The van der Waals surface area contributed by atoms with Crippen LogP contribution in [0.3, 0.4) is 0 Å². The largest absolute Gasteiger partial charge is 0.444 e. The molecule has 109 heavy (non-hydrogen) atoms. The molecule has 5 amide bonds. The zero-order chi connectivity index (χ0) is 81.0. The molecule has 13 heterocycles. The van der Waals surface area contributed by atoms with E-state index in [1.807, 2.05) is 144 Å². The number of ether oxygens (including phenoxy) is 5. The molecule has 0 radical (unpaired) electrons.